The van der Waals surface area contributed by atoms with Crippen LogP contribution in [0.1, 0.15) is 52.4 Å². The Labute approximate surface area is 111 Å². The van der Waals surface area contributed by atoms with Crippen molar-refractivity contribution in [1.29, 1.82) is 0 Å². The average Bonchev–Trinajstić information content (AvgIpc) is 2.12. The van der Waals surface area contributed by atoms with Crippen molar-refractivity contribution >= 4 is 21.9 Å². The van der Waals surface area contributed by atoms with Gasteiger partial charge >= 0.3 is 5.97 Å². The molecule has 4 aliphatic rings. The molecule has 0 saturated heterocycles. The largest absolute Gasteiger partial charge is 0.481 e. The van der Waals surface area contributed by atoms with Gasteiger partial charge in [-0.25, -0.2) is 0 Å². The molecule has 2 nitrogen and oxygen atoms in total. The summed E-state index contributed by atoms with van der Waals surface area (Å²) >= 11 is 3.94. The monoisotopic (exact) mass is 300 g/mol. The van der Waals surface area contributed by atoms with Crippen molar-refractivity contribution in [3.05, 3.63) is 0 Å². The van der Waals surface area contributed by atoms with Crippen LogP contribution in [0.4, 0.5) is 0 Å². The Morgan fingerprint density at radius 3 is 2.18 bits per heavy atom. The van der Waals surface area contributed by atoms with E-state index in [-0.39, 0.29) is 9.74 Å². The molecule has 2 atom stereocenters. The zero-order chi connectivity index (χ0) is 12.5. The number of rotatable bonds is 2. The third-order valence-electron chi connectivity index (χ3n) is 5.85. The number of aliphatic carboxylic acids is 1. The van der Waals surface area contributed by atoms with Crippen molar-refractivity contribution in [2.24, 2.45) is 22.7 Å². The van der Waals surface area contributed by atoms with E-state index in [1.54, 1.807) is 0 Å². The molecule has 3 heteroatoms. The predicted molar refractivity (Wildman–Crippen MR) is 70.2 cm³/mol. The summed E-state index contributed by atoms with van der Waals surface area (Å²) in [6.07, 6.45) is 7.20. The number of carboxylic acid groups (broad SMARTS) is 1. The molecular weight excluding hydrogens is 280 g/mol. The van der Waals surface area contributed by atoms with E-state index < -0.39 is 11.4 Å². The molecule has 4 rings (SSSR count). The van der Waals surface area contributed by atoms with Crippen LogP contribution in [0.5, 0.6) is 0 Å². The second-order valence-corrected chi connectivity index (χ2v) is 9.00. The summed E-state index contributed by atoms with van der Waals surface area (Å²) in [5, 5.41) is 9.57. The van der Waals surface area contributed by atoms with E-state index in [1.165, 1.54) is 19.3 Å². The third kappa shape index (κ3) is 1.54. The van der Waals surface area contributed by atoms with E-state index in [4.69, 9.17) is 0 Å². The van der Waals surface area contributed by atoms with Crippen molar-refractivity contribution < 1.29 is 9.90 Å². The molecule has 1 N–H and O–H groups in total. The second kappa shape index (κ2) is 3.28. The Kier molecular flexibility index (Phi) is 2.32. The minimum atomic E-state index is -0.615. The summed E-state index contributed by atoms with van der Waals surface area (Å²) in [5.74, 6) is 0.902. The van der Waals surface area contributed by atoms with Gasteiger partial charge in [0.15, 0.2) is 0 Å². The fourth-order valence-electron chi connectivity index (χ4n) is 5.11. The van der Waals surface area contributed by atoms with Gasteiger partial charge in [-0.05, 0) is 69.6 Å². The Morgan fingerprint density at radius 1 is 1.24 bits per heavy atom. The highest BCUT2D eigenvalue weighted by atomic mass is 79.9. The van der Waals surface area contributed by atoms with Crippen LogP contribution >= 0.6 is 15.9 Å². The van der Waals surface area contributed by atoms with Crippen LogP contribution in [0.15, 0.2) is 0 Å². The van der Waals surface area contributed by atoms with E-state index in [2.05, 4.69) is 15.9 Å². The first-order valence-electron chi connectivity index (χ1n) is 6.69. The molecule has 0 aromatic heterocycles. The van der Waals surface area contributed by atoms with Crippen molar-refractivity contribution in [3.63, 3.8) is 0 Å². The van der Waals surface area contributed by atoms with Crippen molar-refractivity contribution in [2.45, 2.75) is 56.7 Å². The van der Waals surface area contributed by atoms with Crippen molar-refractivity contribution in [1.82, 2.24) is 0 Å². The Hall–Kier alpha value is -0.0500. The average molecular weight is 301 g/mol. The van der Waals surface area contributed by atoms with Crippen LogP contribution in [-0.4, -0.2) is 15.4 Å². The molecule has 0 radical (unpaired) electrons. The molecular formula is C14H21BrO2. The molecule has 0 spiro atoms. The van der Waals surface area contributed by atoms with Crippen LogP contribution in [0.25, 0.3) is 0 Å². The van der Waals surface area contributed by atoms with Crippen molar-refractivity contribution in [3.8, 4) is 0 Å². The van der Waals surface area contributed by atoms with Gasteiger partial charge < -0.3 is 5.11 Å². The van der Waals surface area contributed by atoms with Gasteiger partial charge in [0.25, 0.3) is 0 Å². The van der Waals surface area contributed by atoms with Gasteiger partial charge in [-0.2, -0.15) is 0 Å². The first-order valence-corrected chi connectivity index (χ1v) is 7.48. The van der Waals surface area contributed by atoms with Crippen LogP contribution in [-0.2, 0) is 4.79 Å². The highest BCUT2D eigenvalue weighted by Gasteiger charge is 2.63. The van der Waals surface area contributed by atoms with Crippen LogP contribution < -0.4 is 0 Å². The maximum atomic E-state index is 11.6. The van der Waals surface area contributed by atoms with Gasteiger partial charge in [0.2, 0.25) is 0 Å². The number of hydrogen-bond donors (Lipinski definition) is 1. The summed E-state index contributed by atoms with van der Waals surface area (Å²) in [6, 6.07) is 0. The lowest BCUT2D eigenvalue weighted by molar-refractivity contribution is -0.170. The Morgan fingerprint density at radius 2 is 1.76 bits per heavy atom. The summed E-state index contributed by atoms with van der Waals surface area (Å²) in [5.41, 5.74) is -0.545. The van der Waals surface area contributed by atoms with Crippen molar-refractivity contribution in [2.75, 3.05) is 0 Å². The Balaban J connectivity index is 2.01. The summed E-state index contributed by atoms with van der Waals surface area (Å²) in [6.45, 7) is 3.89. The minimum Gasteiger partial charge on any atom is -0.481 e. The number of halogens is 1. The molecule has 4 saturated carbocycles. The lowest BCUT2D eigenvalue weighted by Crippen LogP contribution is -2.59. The molecule has 17 heavy (non-hydrogen) atoms. The molecule has 0 aliphatic heterocycles. The normalized spacial score (nSPS) is 48.4. The highest BCUT2D eigenvalue weighted by molar-refractivity contribution is 9.10. The van der Waals surface area contributed by atoms with Gasteiger partial charge in [-0.3, -0.25) is 4.79 Å². The summed E-state index contributed by atoms with van der Waals surface area (Å²) < 4.78 is 0.254. The fourth-order valence-corrected chi connectivity index (χ4v) is 6.56. The molecule has 2 unspecified atom stereocenters. The first-order chi connectivity index (χ1) is 7.76. The molecule has 0 aromatic carbocycles. The number of alkyl halides is 1. The van der Waals surface area contributed by atoms with E-state index in [0.29, 0.717) is 0 Å². The van der Waals surface area contributed by atoms with Crippen LogP contribution in [0, 0.1) is 22.7 Å². The van der Waals surface area contributed by atoms with E-state index >= 15 is 0 Å². The molecule has 0 amide bonds. The summed E-state index contributed by atoms with van der Waals surface area (Å²) in [4.78, 5) is 11.6. The number of carboxylic acids is 1. The molecule has 4 aliphatic carbocycles. The summed E-state index contributed by atoms with van der Waals surface area (Å²) in [7, 11) is 0. The smallest absolute Gasteiger partial charge is 0.309 e. The zero-order valence-electron chi connectivity index (χ0n) is 10.6. The third-order valence-corrected chi connectivity index (χ3v) is 6.78. The zero-order valence-corrected chi connectivity index (χ0v) is 12.2. The molecule has 4 bridgehead atoms. The predicted octanol–water partition coefficient (Wildman–Crippen LogP) is 3.83. The van der Waals surface area contributed by atoms with Gasteiger partial charge in [0, 0.05) is 4.32 Å². The first kappa shape index (κ1) is 12.0. The molecule has 0 heterocycles. The number of hydrogen-bond acceptors (Lipinski definition) is 1. The van der Waals surface area contributed by atoms with E-state index in [9.17, 15) is 9.90 Å². The van der Waals surface area contributed by atoms with E-state index in [0.717, 1.165) is 31.1 Å². The minimum absolute atomic E-state index is 0.0341. The lowest BCUT2D eigenvalue weighted by Gasteiger charge is -2.64. The van der Waals surface area contributed by atoms with Gasteiger partial charge in [0.1, 0.15) is 0 Å². The maximum Gasteiger partial charge on any atom is 0.309 e. The SMILES string of the molecule is CC(C)(C(=O)O)C12CC3CC(CC(Br)(C3)C1)C2. The second-order valence-electron chi connectivity index (χ2n) is 7.32. The standard InChI is InChI=1S/C14H21BrO2/c1-12(2,11(16)17)13-4-9-3-10(5-13)7-14(15,6-9)8-13/h9-10H,3-8H2,1-2H3,(H,16,17). The maximum absolute atomic E-state index is 11.6. The highest BCUT2D eigenvalue weighted by Crippen LogP contribution is 2.69. The van der Waals surface area contributed by atoms with Gasteiger partial charge in [-0.1, -0.05) is 15.9 Å². The van der Waals surface area contributed by atoms with Gasteiger partial charge in [-0.15, -0.1) is 0 Å². The number of carbonyl (C=O) groups is 1. The molecule has 0 aromatic rings. The van der Waals surface area contributed by atoms with Crippen LogP contribution in [0.2, 0.25) is 0 Å². The van der Waals surface area contributed by atoms with E-state index in [1.807, 2.05) is 13.8 Å². The topological polar surface area (TPSA) is 37.3 Å². The molecule has 4 fully saturated rings. The Bertz CT molecular complexity index is 360. The van der Waals surface area contributed by atoms with Gasteiger partial charge in [0.05, 0.1) is 5.41 Å². The van der Waals surface area contributed by atoms with Crippen LogP contribution in [0.3, 0.4) is 0 Å². The fraction of sp³-hybridized carbons (Fsp3) is 0.929. The molecule has 96 valence electrons. The quantitative estimate of drug-likeness (QED) is 0.787. The lowest BCUT2D eigenvalue weighted by atomic mass is 9.43.